The van der Waals surface area contributed by atoms with Crippen LogP contribution in [0, 0.1) is 0 Å². The van der Waals surface area contributed by atoms with Gasteiger partial charge in [-0.3, -0.25) is 4.79 Å². The van der Waals surface area contributed by atoms with Gasteiger partial charge in [0.15, 0.2) is 6.04 Å². The van der Waals surface area contributed by atoms with Crippen LogP contribution in [0.5, 0.6) is 0 Å². The second-order valence-electron chi connectivity index (χ2n) is 3.89. The van der Waals surface area contributed by atoms with Gasteiger partial charge >= 0.3 is 5.97 Å². The number of rotatable bonds is 5. The maximum Gasteiger partial charge on any atom is 0.333 e. The van der Waals surface area contributed by atoms with Crippen molar-refractivity contribution < 1.29 is 14.3 Å². The number of carbonyl (C=O) groups excluding carboxylic acids is 2. The van der Waals surface area contributed by atoms with Crippen LogP contribution in [0.25, 0.3) is 0 Å². The van der Waals surface area contributed by atoms with Gasteiger partial charge in [0.1, 0.15) is 0 Å². The summed E-state index contributed by atoms with van der Waals surface area (Å²) < 4.78 is 4.71. The third-order valence-corrected chi connectivity index (χ3v) is 2.68. The number of amides is 1. The van der Waals surface area contributed by atoms with Crippen molar-refractivity contribution in [3.63, 3.8) is 0 Å². The SMILES string of the molecule is CNC(C)C(=O)NC(C(=O)OC)c1ccccc1. The average Bonchev–Trinajstić information content (AvgIpc) is 2.43. The summed E-state index contributed by atoms with van der Waals surface area (Å²) in [5.41, 5.74) is 0.695. The first-order valence-corrected chi connectivity index (χ1v) is 5.70. The normalized spacial score (nSPS) is 13.5. The van der Waals surface area contributed by atoms with Gasteiger partial charge in [-0.2, -0.15) is 0 Å². The highest BCUT2D eigenvalue weighted by Gasteiger charge is 2.24. The zero-order chi connectivity index (χ0) is 13.5. The van der Waals surface area contributed by atoms with E-state index in [9.17, 15) is 9.59 Å². The highest BCUT2D eigenvalue weighted by molar-refractivity contribution is 5.88. The van der Waals surface area contributed by atoms with Gasteiger partial charge in [-0.1, -0.05) is 30.3 Å². The van der Waals surface area contributed by atoms with Crippen molar-refractivity contribution in [3.8, 4) is 0 Å². The molecule has 18 heavy (non-hydrogen) atoms. The van der Waals surface area contributed by atoms with E-state index in [-0.39, 0.29) is 11.9 Å². The largest absolute Gasteiger partial charge is 0.467 e. The molecule has 98 valence electrons. The highest BCUT2D eigenvalue weighted by atomic mass is 16.5. The molecule has 0 saturated carbocycles. The number of methoxy groups -OCH3 is 1. The van der Waals surface area contributed by atoms with Crippen molar-refractivity contribution >= 4 is 11.9 Å². The molecule has 2 N–H and O–H groups in total. The summed E-state index contributed by atoms with van der Waals surface area (Å²) in [5.74, 6) is -0.741. The van der Waals surface area contributed by atoms with E-state index in [1.165, 1.54) is 7.11 Å². The van der Waals surface area contributed by atoms with Crippen LogP contribution in [-0.4, -0.2) is 32.1 Å². The van der Waals surface area contributed by atoms with Crippen molar-refractivity contribution in [1.29, 1.82) is 0 Å². The summed E-state index contributed by atoms with van der Waals surface area (Å²) in [5, 5.41) is 5.47. The number of hydrogen-bond donors (Lipinski definition) is 2. The number of carbonyl (C=O) groups is 2. The van der Waals surface area contributed by atoms with E-state index in [2.05, 4.69) is 10.6 Å². The van der Waals surface area contributed by atoms with Gasteiger partial charge in [0.2, 0.25) is 5.91 Å². The van der Waals surface area contributed by atoms with E-state index in [0.717, 1.165) is 0 Å². The standard InChI is InChI=1S/C13H18N2O3/c1-9(14-2)12(16)15-11(13(17)18-3)10-7-5-4-6-8-10/h4-9,11,14H,1-3H3,(H,15,16). The Labute approximate surface area is 107 Å². The summed E-state index contributed by atoms with van der Waals surface area (Å²) in [4.78, 5) is 23.5. The quantitative estimate of drug-likeness (QED) is 0.752. The summed E-state index contributed by atoms with van der Waals surface area (Å²) in [6, 6.07) is 7.84. The van der Waals surface area contributed by atoms with Crippen LogP contribution < -0.4 is 10.6 Å². The molecule has 1 aromatic rings. The Balaban J connectivity index is 2.87. The number of likely N-dealkylation sites (N-methyl/N-ethyl adjacent to an activating group) is 1. The Hall–Kier alpha value is -1.88. The van der Waals surface area contributed by atoms with Crippen molar-refractivity contribution in [2.24, 2.45) is 0 Å². The van der Waals surface area contributed by atoms with Gasteiger partial charge < -0.3 is 15.4 Å². The summed E-state index contributed by atoms with van der Waals surface area (Å²) in [7, 11) is 2.98. The molecule has 0 aromatic heterocycles. The number of ether oxygens (including phenoxy) is 1. The van der Waals surface area contributed by atoms with Crippen LogP contribution in [-0.2, 0) is 14.3 Å². The molecule has 0 bridgehead atoms. The predicted molar refractivity (Wildman–Crippen MR) is 67.9 cm³/mol. The maximum atomic E-state index is 11.8. The lowest BCUT2D eigenvalue weighted by Gasteiger charge is -2.19. The fourth-order valence-electron chi connectivity index (χ4n) is 1.44. The highest BCUT2D eigenvalue weighted by Crippen LogP contribution is 2.14. The van der Waals surface area contributed by atoms with Gasteiger partial charge in [-0.05, 0) is 19.5 Å². The average molecular weight is 250 g/mol. The zero-order valence-electron chi connectivity index (χ0n) is 10.8. The Kier molecular flexibility index (Phi) is 5.32. The minimum Gasteiger partial charge on any atom is -0.467 e. The minimum absolute atomic E-state index is 0.253. The molecular weight excluding hydrogens is 232 g/mol. The van der Waals surface area contributed by atoms with E-state index >= 15 is 0 Å². The van der Waals surface area contributed by atoms with E-state index in [4.69, 9.17) is 4.74 Å². The molecule has 5 nitrogen and oxygen atoms in total. The van der Waals surface area contributed by atoms with Gasteiger partial charge in [0, 0.05) is 0 Å². The molecule has 0 aliphatic heterocycles. The van der Waals surface area contributed by atoms with E-state index in [0.29, 0.717) is 5.56 Å². The smallest absolute Gasteiger partial charge is 0.333 e. The molecule has 0 heterocycles. The van der Waals surface area contributed by atoms with Crippen molar-refractivity contribution in [2.45, 2.75) is 19.0 Å². The maximum absolute atomic E-state index is 11.8. The van der Waals surface area contributed by atoms with Crippen LogP contribution in [0.1, 0.15) is 18.5 Å². The second kappa shape index (κ2) is 6.76. The second-order valence-corrected chi connectivity index (χ2v) is 3.89. The molecule has 0 saturated heterocycles. The van der Waals surface area contributed by atoms with Crippen molar-refractivity contribution in [2.75, 3.05) is 14.2 Å². The summed E-state index contributed by atoms with van der Waals surface area (Å²) in [6.07, 6.45) is 0. The molecule has 0 spiro atoms. The van der Waals surface area contributed by atoms with Crippen molar-refractivity contribution in [3.05, 3.63) is 35.9 Å². The molecule has 0 aliphatic rings. The summed E-state index contributed by atoms with van der Waals surface area (Å²) >= 11 is 0. The monoisotopic (exact) mass is 250 g/mol. The molecule has 0 aliphatic carbocycles. The number of esters is 1. The van der Waals surface area contributed by atoms with Crippen molar-refractivity contribution in [1.82, 2.24) is 10.6 Å². The lowest BCUT2D eigenvalue weighted by Crippen LogP contribution is -2.44. The fourth-order valence-corrected chi connectivity index (χ4v) is 1.44. The number of nitrogens with one attached hydrogen (secondary N) is 2. The Morgan fingerprint density at radius 3 is 2.33 bits per heavy atom. The molecule has 2 unspecified atom stereocenters. The van der Waals surface area contributed by atoms with Crippen LogP contribution in [0.3, 0.4) is 0 Å². The molecule has 2 atom stereocenters. The van der Waals surface area contributed by atoms with Gasteiger partial charge in [0.05, 0.1) is 13.2 Å². The number of hydrogen-bond acceptors (Lipinski definition) is 4. The van der Waals surface area contributed by atoms with Gasteiger partial charge in [-0.15, -0.1) is 0 Å². The zero-order valence-corrected chi connectivity index (χ0v) is 10.8. The molecule has 1 aromatic carbocycles. The Bertz CT molecular complexity index is 406. The van der Waals surface area contributed by atoms with Crippen LogP contribution in [0.4, 0.5) is 0 Å². The first-order valence-electron chi connectivity index (χ1n) is 5.70. The lowest BCUT2D eigenvalue weighted by molar-refractivity contribution is -0.145. The van der Waals surface area contributed by atoms with E-state index < -0.39 is 12.0 Å². The topological polar surface area (TPSA) is 67.4 Å². The predicted octanol–water partition coefficient (Wildman–Crippen LogP) is 0.625. The molecule has 5 heteroatoms. The third-order valence-electron chi connectivity index (χ3n) is 2.68. The summed E-state index contributed by atoms with van der Waals surface area (Å²) in [6.45, 7) is 1.72. The first kappa shape index (κ1) is 14.2. The third kappa shape index (κ3) is 3.56. The Morgan fingerprint density at radius 2 is 1.83 bits per heavy atom. The lowest BCUT2D eigenvalue weighted by atomic mass is 10.1. The minimum atomic E-state index is -0.778. The van der Waals surface area contributed by atoms with Crippen LogP contribution >= 0.6 is 0 Å². The fraction of sp³-hybridized carbons (Fsp3) is 0.385. The first-order chi connectivity index (χ1) is 8.60. The molecule has 0 fully saturated rings. The molecule has 0 radical (unpaired) electrons. The van der Waals surface area contributed by atoms with Crippen LogP contribution in [0.15, 0.2) is 30.3 Å². The molecule has 1 rings (SSSR count). The molecular formula is C13H18N2O3. The van der Waals surface area contributed by atoms with E-state index in [1.54, 1.807) is 38.2 Å². The van der Waals surface area contributed by atoms with Gasteiger partial charge in [-0.25, -0.2) is 4.79 Å². The molecule has 1 amide bonds. The Morgan fingerprint density at radius 1 is 1.22 bits per heavy atom. The van der Waals surface area contributed by atoms with E-state index in [1.807, 2.05) is 6.07 Å². The van der Waals surface area contributed by atoms with Crippen LogP contribution in [0.2, 0.25) is 0 Å². The van der Waals surface area contributed by atoms with Gasteiger partial charge in [0.25, 0.3) is 0 Å². The number of benzene rings is 1.